The van der Waals surface area contributed by atoms with Gasteiger partial charge in [0.15, 0.2) is 5.15 Å². The van der Waals surface area contributed by atoms with Crippen LogP contribution in [0.15, 0.2) is 29.2 Å². The quantitative estimate of drug-likeness (QED) is 0.0724. The van der Waals surface area contributed by atoms with Gasteiger partial charge in [-0.3, -0.25) is 29.7 Å². The van der Waals surface area contributed by atoms with E-state index < -0.39 is 52.2 Å². The van der Waals surface area contributed by atoms with Crippen LogP contribution in [-0.2, 0) is 48.7 Å². The first kappa shape index (κ1) is 38.7. The fourth-order valence-electron chi connectivity index (χ4n) is 4.72. The Morgan fingerprint density at radius 2 is 1.63 bits per heavy atom. The first-order chi connectivity index (χ1) is 21.6. The van der Waals surface area contributed by atoms with Gasteiger partial charge in [-0.05, 0) is 48.8 Å². The standard InChI is InChI=1S/C30H45ClN6O8S/c1-6-7-8-25-34-27(31)24(15-32-23(30(41)42)14-19(4)5)37(25)17-20-9-11-21(12-10-20)46(44,45)36-26(38)16-33-28(39)22(13-18(2)3)29(40)35-43/h9-12,18-19,22-23,32,43H,6-8,13-17H2,1-5H3,(H,33,39)(H,35,40)(H,36,38)(H,41,42)/t22?,23-/m0/s1. The molecule has 0 saturated carbocycles. The predicted molar refractivity (Wildman–Crippen MR) is 170 cm³/mol. The fourth-order valence-corrected chi connectivity index (χ4v) is 5.97. The maximum atomic E-state index is 12.9. The minimum atomic E-state index is -4.29. The van der Waals surface area contributed by atoms with Crippen LogP contribution in [0.3, 0.4) is 0 Å². The first-order valence-corrected chi connectivity index (χ1v) is 17.0. The van der Waals surface area contributed by atoms with Gasteiger partial charge in [0.2, 0.25) is 5.91 Å². The number of carboxylic acid groups (broad SMARTS) is 1. The van der Waals surface area contributed by atoms with Crippen LogP contribution in [0, 0.1) is 17.8 Å². The minimum Gasteiger partial charge on any atom is -0.480 e. The number of hydrogen-bond donors (Lipinski definition) is 6. The van der Waals surface area contributed by atoms with E-state index in [2.05, 4.69) is 15.6 Å². The number of hydrogen-bond acceptors (Lipinski definition) is 9. The lowest BCUT2D eigenvalue weighted by Crippen LogP contribution is -2.45. The summed E-state index contributed by atoms with van der Waals surface area (Å²) < 4.78 is 29.5. The molecule has 0 spiro atoms. The maximum absolute atomic E-state index is 12.9. The zero-order valence-electron chi connectivity index (χ0n) is 26.8. The topological polar surface area (TPSA) is 209 Å². The van der Waals surface area contributed by atoms with Crippen molar-refractivity contribution >= 4 is 45.3 Å². The molecule has 6 N–H and O–H groups in total. The summed E-state index contributed by atoms with van der Waals surface area (Å²) in [5.74, 6) is -4.19. The summed E-state index contributed by atoms with van der Waals surface area (Å²) in [6.45, 7) is 9.22. The van der Waals surface area contributed by atoms with E-state index in [0.717, 1.165) is 18.7 Å². The van der Waals surface area contributed by atoms with Crippen LogP contribution >= 0.6 is 11.6 Å². The third-order valence-electron chi connectivity index (χ3n) is 7.07. The number of amides is 3. The molecule has 1 aromatic carbocycles. The number of carboxylic acids is 1. The molecule has 0 aliphatic carbocycles. The molecule has 0 bridgehead atoms. The Balaban J connectivity index is 2.17. The van der Waals surface area contributed by atoms with Crippen molar-refractivity contribution in [3.8, 4) is 0 Å². The number of sulfonamides is 1. The van der Waals surface area contributed by atoms with E-state index in [1.54, 1.807) is 26.0 Å². The molecular weight excluding hydrogens is 640 g/mol. The highest BCUT2D eigenvalue weighted by Gasteiger charge is 2.28. The average Bonchev–Trinajstić information content (AvgIpc) is 3.27. The molecular formula is C30H45ClN6O8S. The monoisotopic (exact) mass is 684 g/mol. The zero-order valence-corrected chi connectivity index (χ0v) is 28.4. The van der Waals surface area contributed by atoms with Crippen LogP contribution in [0.1, 0.15) is 77.4 Å². The van der Waals surface area contributed by atoms with Crippen molar-refractivity contribution in [2.24, 2.45) is 17.8 Å². The van der Waals surface area contributed by atoms with Crippen molar-refractivity contribution in [3.05, 3.63) is 46.5 Å². The van der Waals surface area contributed by atoms with Gasteiger partial charge < -0.3 is 15.0 Å². The Kier molecular flexibility index (Phi) is 15.1. The number of aryl methyl sites for hydroxylation is 1. The number of halogens is 1. The molecule has 0 fully saturated rings. The molecule has 0 radical (unpaired) electrons. The fraction of sp³-hybridized carbons (Fsp3) is 0.567. The number of aliphatic carboxylic acids is 1. The molecule has 1 aromatic heterocycles. The van der Waals surface area contributed by atoms with Gasteiger partial charge in [-0.15, -0.1) is 0 Å². The van der Waals surface area contributed by atoms with Gasteiger partial charge in [-0.1, -0.05) is 64.8 Å². The summed E-state index contributed by atoms with van der Waals surface area (Å²) in [7, 11) is -4.29. The van der Waals surface area contributed by atoms with Crippen molar-refractivity contribution in [1.29, 1.82) is 0 Å². The van der Waals surface area contributed by atoms with Crippen LogP contribution in [-0.4, -0.2) is 64.6 Å². The Morgan fingerprint density at radius 3 is 2.17 bits per heavy atom. The van der Waals surface area contributed by atoms with Gasteiger partial charge in [0, 0.05) is 19.5 Å². The number of benzene rings is 1. The molecule has 0 aliphatic rings. The third-order valence-corrected chi connectivity index (χ3v) is 8.77. The summed E-state index contributed by atoms with van der Waals surface area (Å²) in [5.41, 5.74) is 2.74. The summed E-state index contributed by atoms with van der Waals surface area (Å²) in [5, 5.41) is 24.1. The Hall–Kier alpha value is -3.53. The molecule has 2 rings (SSSR count). The van der Waals surface area contributed by atoms with E-state index in [1.165, 1.54) is 17.6 Å². The van der Waals surface area contributed by atoms with Crippen molar-refractivity contribution in [1.82, 2.24) is 30.4 Å². The number of nitrogens with zero attached hydrogens (tertiary/aromatic N) is 2. The zero-order chi connectivity index (χ0) is 34.6. The number of rotatable bonds is 19. The number of carbonyl (C=O) groups excluding carboxylic acids is 3. The molecule has 14 nitrogen and oxygen atoms in total. The molecule has 2 atom stereocenters. The molecule has 16 heteroatoms. The molecule has 46 heavy (non-hydrogen) atoms. The van der Waals surface area contributed by atoms with Crippen LogP contribution in [0.4, 0.5) is 0 Å². The highest BCUT2D eigenvalue weighted by atomic mass is 35.5. The summed E-state index contributed by atoms with van der Waals surface area (Å²) >= 11 is 6.51. The van der Waals surface area contributed by atoms with Gasteiger partial charge in [-0.2, -0.15) is 0 Å². The lowest BCUT2D eigenvalue weighted by atomic mass is 9.95. The maximum Gasteiger partial charge on any atom is 0.320 e. The molecule has 0 aliphatic heterocycles. The Morgan fingerprint density at radius 1 is 1.00 bits per heavy atom. The summed E-state index contributed by atoms with van der Waals surface area (Å²) in [4.78, 5) is 52.7. The molecule has 3 amide bonds. The normalized spacial score (nSPS) is 13.0. The first-order valence-electron chi connectivity index (χ1n) is 15.2. The number of hydroxylamine groups is 1. The molecule has 1 heterocycles. The Labute approximate surface area is 274 Å². The van der Waals surface area contributed by atoms with Crippen LogP contribution in [0.2, 0.25) is 5.15 Å². The van der Waals surface area contributed by atoms with E-state index in [0.29, 0.717) is 24.1 Å². The number of unbranched alkanes of at least 4 members (excludes halogenated alkanes) is 1. The van der Waals surface area contributed by atoms with Crippen LogP contribution in [0.5, 0.6) is 0 Å². The number of imidazole rings is 1. The summed E-state index contributed by atoms with van der Waals surface area (Å²) in [6, 6.07) is 5.06. The molecule has 1 unspecified atom stereocenters. The van der Waals surface area contributed by atoms with E-state index in [1.807, 2.05) is 30.1 Å². The second kappa shape index (κ2) is 18.0. The average molecular weight is 685 g/mol. The number of nitrogens with one attached hydrogen (secondary N) is 4. The van der Waals surface area contributed by atoms with Gasteiger partial charge in [-0.25, -0.2) is 23.6 Å². The van der Waals surface area contributed by atoms with Gasteiger partial charge in [0.1, 0.15) is 17.8 Å². The second-order valence-electron chi connectivity index (χ2n) is 11.9. The molecule has 256 valence electrons. The summed E-state index contributed by atoms with van der Waals surface area (Å²) in [6.07, 6.45) is 2.96. The van der Waals surface area contributed by atoms with E-state index in [4.69, 9.17) is 16.8 Å². The minimum absolute atomic E-state index is 0.0684. The van der Waals surface area contributed by atoms with E-state index in [-0.39, 0.29) is 41.4 Å². The van der Waals surface area contributed by atoms with Gasteiger partial charge in [0.05, 0.1) is 17.1 Å². The van der Waals surface area contributed by atoms with Crippen molar-refractivity contribution in [2.75, 3.05) is 6.54 Å². The Bertz CT molecular complexity index is 1460. The van der Waals surface area contributed by atoms with Crippen LogP contribution < -0.4 is 20.8 Å². The van der Waals surface area contributed by atoms with Crippen molar-refractivity contribution in [2.45, 2.75) is 90.7 Å². The van der Waals surface area contributed by atoms with Gasteiger partial charge >= 0.3 is 5.97 Å². The molecule has 2 aromatic rings. The highest BCUT2D eigenvalue weighted by molar-refractivity contribution is 7.90. The van der Waals surface area contributed by atoms with E-state index in [9.17, 15) is 32.7 Å². The van der Waals surface area contributed by atoms with E-state index >= 15 is 0 Å². The smallest absolute Gasteiger partial charge is 0.320 e. The molecule has 0 saturated heterocycles. The number of carbonyl (C=O) groups is 4. The van der Waals surface area contributed by atoms with Crippen molar-refractivity contribution < 1.29 is 37.9 Å². The van der Waals surface area contributed by atoms with Crippen LogP contribution in [0.25, 0.3) is 0 Å². The van der Waals surface area contributed by atoms with Crippen molar-refractivity contribution in [3.63, 3.8) is 0 Å². The second-order valence-corrected chi connectivity index (χ2v) is 13.9. The largest absolute Gasteiger partial charge is 0.480 e. The third kappa shape index (κ3) is 11.7. The predicted octanol–water partition coefficient (Wildman–Crippen LogP) is 2.61. The van der Waals surface area contributed by atoms with Gasteiger partial charge in [0.25, 0.3) is 21.8 Å². The number of aromatic nitrogens is 2. The lowest BCUT2D eigenvalue weighted by Gasteiger charge is -2.18. The highest BCUT2D eigenvalue weighted by Crippen LogP contribution is 2.22. The lowest BCUT2D eigenvalue weighted by molar-refractivity contribution is -0.142. The SMILES string of the molecule is CCCCc1nc(Cl)c(CN[C@@H](CC(C)C)C(=O)O)n1Cc1ccc(S(=O)(=O)NC(=O)CNC(=O)C(CC(C)C)C(=O)NO)cc1.